The molecule has 1 fully saturated rings. The van der Waals surface area contributed by atoms with Crippen molar-refractivity contribution in [1.29, 1.82) is 0 Å². The lowest BCUT2D eigenvalue weighted by molar-refractivity contribution is -0.135. The van der Waals surface area contributed by atoms with Crippen LogP contribution in [-0.4, -0.2) is 54.5 Å². The van der Waals surface area contributed by atoms with E-state index in [0.717, 1.165) is 18.4 Å². The Bertz CT molecular complexity index is 965. The second kappa shape index (κ2) is 9.02. The fourth-order valence-electron chi connectivity index (χ4n) is 3.73. The first-order valence-electron chi connectivity index (χ1n) is 9.71. The van der Waals surface area contributed by atoms with Crippen LogP contribution in [0, 0.1) is 0 Å². The first kappa shape index (κ1) is 21.4. The molecule has 1 amide bonds. The molecule has 1 atom stereocenters. The van der Waals surface area contributed by atoms with Gasteiger partial charge in [-0.3, -0.25) is 9.59 Å². The SMILES string of the molecule is COc1ccc(OC)c([C@@H]2CCCN2C(=O)COC(=O)c2cc(C(C)=O)cn2C)c1. The smallest absolute Gasteiger partial charge is 0.355 e. The van der Waals surface area contributed by atoms with Crippen LogP contribution in [0.3, 0.4) is 0 Å². The minimum Gasteiger partial charge on any atom is -0.497 e. The van der Waals surface area contributed by atoms with Crippen LogP contribution in [0.1, 0.15) is 52.2 Å². The van der Waals surface area contributed by atoms with Crippen molar-refractivity contribution >= 4 is 17.7 Å². The van der Waals surface area contributed by atoms with Gasteiger partial charge in [-0.05, 0) is 44.0 Å². The number of aryl methyl sites for hydroxylation is 1. The van der Waals surface area contributed by atoms with E-state index in [0.29, 0.717) is 23.6 Å². The molecule has 2 aromatic rings. The molecule has 1 aromatic carbocycles. The number of amides is 1. The summed E-state index contributed by atoms with van der Waals surface area (Å²) in [5, 5.41) is 0. The number of nitrogens with zero attached hydrogens (tertiary/aromatic N) is 2. The summed E-state index contributed by atoms with van der Waals surface area (Å²) in [6.45, 7) is 1.62. The van der Waals surface area contributed by atoms with Crippen molar-refractivity contribution in [2.45, 2.75) is 25.8 Å². The van der Waals surface area contributed by atoms with Crippen molar-refractivity contribution in [3.8, 4) is 11.5 Å². The van der Waals surface area contributed by atoms with Crippen LogP contribution in [0.2, 0.25) is 0 Å². The zero-order valence-electron chi connectivity index (χ0n) is 17.6. The maximum Gasteiger partial charge on any atom is 0.355 e. The molecule has 30 heavy (non-hydrogen) atoms. The lowest BCUT2D eigenvalue weighted by Gasteiger charge is -2.26. The monoisotopic (exact) mass is 414 g/mol. The van der Waals surface area contributed by atoms with Gasteiger partial charge in [0, 0.05) is 30.9 Å². The number of aromatic nitrogens is 1. The number of rotatable bonds is 7. The number of hydrogen-bond donors (Lipinski definition) is 0. The van der Waals surface area contributed by atoms with Gasteiger partial charge in [0.15, 0.2) is 12.4 Å². The van der Waals surface area contributed by atoms with Crippen molar-refractivity contribution in [2.24, 2.45) is 7.05 Å². The van der Waals surface area contributed by atoms with Gasteiger partial charge in [-0.15, -0.1) is 0 Å². The van der Waals surface area contributed by atoms with E-state index in [1.54, 1.807) is 38.4 Å². The summed E-state index contributed by atoms with van der Waals surface area (Å²) in [6.07, 6.45) is 3.18. The molecule has 0 saturated carbocycles. The molecule has 0 spiro atoms. The molecule has 1 aromatic heterocycles. The van der Waals surface area contributed by atoms with Gasteiger partial charge in [0.25, 0.3) is 5.91 Å². The second-order valence-electron chi connectivity index (χ2n) is 7.21. The van der Waals surface area contributed by atoms with Crippen LogP contribution in [0.15, 0.2) is 30.5 Å². The number of methoxy groups -OCH3 is 2. The lowest BCUT2D eigenvalue weighted by atomic mass is 10.0. The molecule has 3 rings (SSSR count). The van der Waals surface area contributed by atoms with Gasteiger partial charge >= 0.3 is 5.97 Å². The number of carbonyl (C=O) groups excluding carboxylic acids is 3. The third-order valence-corrected chi connectivity index (χ3v) is 5.32. The highest BCUT2D eigenvalue weighted by Crippen LogP contribution is 2.38. The minimum absolute atomic E-state index is 0.145. The van der Waals surface area contributed by atoms with Crippen molar-refractivity contribution in [2.75, 3.05) is 27.4 Å². The van der Waals surface area contributed by atoms with E-state index < -0.39 is 5.97 Å². The number of carbonyl (C=O) groups is 3. The normalized spacial score (nSPS) is 15.7. The van der Waals surface area contributed by atoms with Gasteiger partial charge < -0.3 is 23.7 Å². The highest BCUT2D eigenvalue weighted by atomic mass is 16.5. The van der Waals surface area contributed by atoms with Crippen molar-refractivity contribution in [1.82, 2.24) is 9.47 Å². The molecule has 0 unspecified atom stereocenters. The molecule has 0 aliphatic carbocycles. The van der Waals surface area contributed by atoms with Crippen molar-refractivity contribution in [3.05, 3.63) is 47.3 Å². The van der Waals surface area contributed by atoms with E-state index >= 15 is 0 Å². The summed E-state index contributed by atoms with van der Waals surface area (Å²) in [5.41, 5.74) is 1.50. The Morgan fingerprint density at radius 3 is 2.53 bits per heavy atom. The number of esters is 1. The van der Waals surface area contributed by atoms with E-state index in [1.807, 2.05) is 12.1 Å². The molecule has 0 bridgehead atoms. The zero-order valence-corrected chi connectivity index (χ0v) is 17.6. The molecule has 8 nitrogen and oxygen atoms in total. The fourth-order valence-corrected chi connectivity index (χ4v) is 3.73. The Labute approximate surface area is 175 Å². The van der Waals surface area contributed by atoms with Gasteiger partial charge in [-0.25, -0.2) is 4.79 Å². The minimum atomic E-state index is -0.645. The summed E-state index contributed by atoms with van der Waals surface area (Å²) in [4.78, 5) is 38.4. The highest BCUT2D eigenvalue weighted by molar-refractivity contribution is 5.98. The second-order valence-corrected chi connectivity index (χ2v) is 7.21. The number of hydrogen-bond acceptors (Lipinski definition) is 6. The van der Waals surface area contributed by atoms with Gasteiger partial charge in [-0.1, -0.05) is 0 Å². The van der Waals surface area contributed by atoms with Gasteiger partial charge in [0.05, 0.1) is 20.3 Å². The van der Waals surface area contributed by atoms with Gasteiger partial charge in [0.2, 0.25) is 0 Å². The van der Waals surface area contributed by atoms with Crippen molar-refractivity contribution < 1.29 is 28.6 Å². The number of Topliss-reactive ketones (excluding diaryl/α,β-unsaturated/α-hetero) is 1. The number of ether oxygens (including phenoxy) is 3. The molecule has 0 N–H and O–H groups in total. The molecule has 2 heterocycles. The van der Waals surface area contributed by atoms with Crippen LogP contribution >= 0.6 is 0 Å². The van der Waals surface area contributed by atoms with E-state index in [2.05, 4.69) is 0 Å². The van der Waals surface area contributed by atoms with Crippen LogP contribution in [0.4, 0.5) is 0 Å². The summed E-state index contributed by atoms with van der Waals surface area (Å²) in [6, 6.07) is 6.78. The van der Waals surface area contributed by atoms with E-state index in [-0.39, 0.29) is 30.0 Å². The van der Waals surface area contributed by atoms with Gasteiger partial charge in [0.1, 0.15) is 17.2 Å². The van der Waals surface area contributed by atoms with Crippen LogP contribution in [0.5, 0.6) is 11.5 Å². The molecule has 0 radical (unpaired) electrons. The predicted octanol–water partition coefficient (Wildman–Crippen LogP) is 2.77. The first-order chi connectivity index (χ1) is 14.3. The van der Waals surface area contributed by atoms with E-state index in [1.165, 1.54) is 17.6 Å². The number of ketones is 1. The molecular weight excluding hydrogens is 388 g/mol. The topological polar surface area (TPSA) is 87.1 Å². The Kier molecular flexibility index (Phi) is 6.44. The zero-order chi connectivity index (χ0) is 21.8. The average molecular weight is 414 g/mol. The molecule has 160 valence electrons. The molecule has 1 saturated heterocycles. The maximum atomic E-state index is 12.8. The van der Waals surface area contributed by atoms with Crippen molar-refractivity contribution in [3.63, 3.8) is 0 Å². The number of benzene rings is 1. The summed E-state index contributed by atoms with van der Waals surface area (Å²) in [5.74, 6) is 0.289. The molecule has 1 aliphatic rings. The highest BCUT2D eigenvalue weighted by Gasteiger charge is 2.32. The lowest BCUT2D eigenvalue weighted by Crippen LogP contribution is -2.34. The first-order valence-corrected chi connectivity index (χ1v) is 9.71. The Morgan fingerprint density at radius 2 is 1.90 bits per heavy atom. The fraction of sp³-hybridized carbons (Fsp3) is 0.409. The van der Waals surface area contributed by atoms with E-state index in [4.69, 9.17) is 14.2 Å². The molecule has 8 heteroatoms. The van der Waals surface area contributed by atoms with Crippen LogP contribution in [0.25, 0.3) is 0 Å². The quantitative estimate of drug-likeness (QED) is 0.511. The number of likely N-dealkylation sites (tertiary alicyclic amines) is 1. The van der Waals surface area contributed by atoms with E-state index in [9.17, 15) is 14.4 Å². The Balaban J connectivity index is 1.71. The third kappa shape index (κ3) is 4.32. The maximum absolute atomic E-state index is 12.8. The Hall–Kier alpha value is -3.29. The van der Waals surface area contributed by atoms with Crippen LogP contribution in [-0.2, 0) is 16.6 Å². The molecular formula is C22H26N2O6. The average Bonchev–Trinajstić information content (AvgIpc) is 3.38. The summed E-state index contributed by atoms with van der Waals surface area (Å²) < 4.78 is 17.5. The molecule has 1 aliphatic heterocycles. The van der Waals surface area contributed by atoms with Gasteiger partial charge in [-0.2, -0.15) is 0 Å². The standard InChI is InChI=1S/C22H26N2O6/c1-14(25)15-10-19(23(2)12-15)22(27)30-13-21(26)24-9-5-6-18(24)17-11-16(28-3)7-8-20(17)29-4/h7-8,10-12,18H,5-6,9,13H2,1-4H3/t18-/m0/s1. The summed E-state index contributed by atoms with van der Waals surface area (Å²) >= 11 is 0. The summed E-state index contributed by atoms with van der Waals surface area (Å²) in [7, 11) is 4.82. The Morgan fingerprint density at radius 1 is 1.13 bits per heavy atom. The third-order valence-electron chi connectivity index (χ3n) is 5.32. The predicted molar refractivity (Wildman–Crippen MR) is 109 cm³/mol. The van der Waals surface area contributed by atoms with Crippen LogP contribution < -0.4 is 9.47 Å². The largest absolute Gasteiger partial charge is 0.497 e.